The van der Waals surface area contributed by atoms with Crippen molar-refractivity contribution in [2.24, 2.45) is 0 Å². The lowest BCUT2D eigenvalue weighted by Gasteiger charge is -2.26. The first-order chi connectivity index (χ1) is 9.45. The lowest BCUT2D eigenvalue weighted by Crippen LogP contribution is -2.39. The van der Waals surface area contributed by atoms with Crippen molar-refractivity contribution in [2.75, 3.05) is 78.7 Å². The summed E-state index contributed by atoms with van der Waals surface area (Å²) in [5, 5.41) is 7.01. The molecule has 5 nitrogen and oxygen atoms in total. The third kappa shape index (κ3) is 6.68. The molecule has 112 valence electrons. The highest BCUT2D eigenvalue weighted by Gasteiger charge is 2.12. The van der Waals surface area contributed by atoms with Crippen LogP contribution in [0, 0.1) is 0 Å². The molecule has 0 aromatic carbocycles. The Morgan fingerprint density at radius 3 is 1.63 bits per heavy atom. The molecule has 2 aliphatic heterocycles. The maximum Gasteiger partial charge on any atom is 0.0594 e. The van der Waals surface area contributed by atoms with E-state index in [1.54, 1.807) is 0 Å². The third-order valence-electron chi connectivity index (χ3n) is 3.97. The normalized spacial score (nSPS) is 32.8. The fourth-order valence-corrected chi connectivity index (χ4v) is 2.73. The van der Waals surface area contributed by atoms with Crippen LogP contribution >= 0.6 is 0 Å². The van der Waals surface area contributed by atoms with Crippen molar-refractivity contribution < 1.29 is 4.74 Å². The molecule has 2 unspecified atom stereocenters. The molecule has 2 aliphatic rings. The summed E-state index contributed by atoms with van der Waals surface area (Å²) in [5.41, 5.74) is 0. The van der Waals surface area contributed by atoms with E-state index in [-0.39, 0.29) is 0 Å². The van der Waals surface area contributed by atoms with Crippen LogP contribution in [0.1, 0.15) is 12.8 Å². The maximum atomic E-state index is 5.73. The molecule has 2 N–H and O–H groups in total. The standard InChI is InChI=1S/C14H30N4O/c1-3-15-5-6-16-4-2-8-18-10-9-17(7-1)11-13-19-14-12-18/h15-16H,1-14H2. The van der Waals surface area contributed by atoms with Gasteiger partial charge in [-0.3, -0.25) is 9.80 Å². The fourth-order valence-electron chi connectivity index (χ4n) is 2.73. The number of ether oxygens (including phenoxy) is 1. The van der Waals surface area contributed by atoms with Crippen LogP contribution in [-0.4, -0.2) is 88.5 Å². The van der Waals surface area contributed by atoms with Gasteiger partial charge < -0.3 is 15.4 Å². The molecule has 2 heterocycles. The summed E-state index contributed by atoms with van der Waals surface area (Å²) in [6.07, 6.45) is 2.47. The predicted octanol–water partition coefficient (Wildman–Crippen LogP) is -0.406. The first-order valence-electron chi connectivity index (χ1n) is 7.89. The van der Waals surface area contributed by atoms with E-state index in [0.717, 1.165) is 52.5 Å². The molecule has 0 saturated carbocycles. The summed E-state index contributed by atoms with van der Waals surface area (Å²) >= 11 is 0. The molecule has 0 aromatic heterocycles. The molecule has 0 amide bonds. The van der Waals surface area contributed by atoms with E-state index >= 15 is 0 Å². The smallest absolute Gasteiger partial charge is 0.0594 e. The zero-order chi connectivity index (χ0) is 13.2. The maximum absolute atomic E-state index is 5.73. The summed E-state index contributed by atoms with van der Waals surface area (Å²) in [6, 6.07) is 0. The molecule has 0 aliphatic carbocycles. The van der Waals surface area contributed by atoms with Crippen LogP contribution in [0.5, 0.6) is 0 Å². The highest BCUT2D eigenvalue weighted by Crippen LogP contribution is 2.00. The minimum Gasteiger partial charge on any atom is -0.379 e. The van der Waals surface area contributed by atoms with Crippen molar-refractivity contribution in [3.8, 4) is 0 Å². The summed E-state index contributed by atoms with van der Waals surface area (Å²) in [7, 11) is 0. The van der Waals surface area contributed by atoms with Gasteiger partial charge in [-0.2, -0.15) is 0 Å². The minimum absolute atomic E-state index is 0.892. The second-order valence-electron chi connectivity index (χ2n) is 5.50. The number of hydrogen-bond donors (Lipinski definition) is 2. The largest absolute Gasteiger partial charge is 0.379 e. The Labute approximate surface area is 117 Å². The van der Waals surface area contributed by atoms with Crippen molar-refractivity contribution in [1.82, 2.24) is 20.4 Å². The average Bonchev–Trinajstić information content (AvgIpc) is 2.53. The number of nitrogens with one attached hydrogen (secondary N) is 2. The predicted molar refractivity (Wildman–Crippen MR) is 78.7 cm³/mol. The zero-order valence-corrected chi connectivity index (χ0v) is 12.2. The SMILES string of the molecule is C1CNCCNCCCN2CCOCCN(C1)CC2. The van der Waals surface area contributed by atoms with Crippen LogP contribution in [0.3, 0.4) is 0 Å². The van der Waals surface area contributed by atoms with E-state index in [9.17, 15) is 0 Å². The quantitative estimate of drug-likeness (QED) is 0.626. The molecule has 0 radical (unpaired) electrons. The number of fused-ring (bicyclic) bond motifs is 3. The third-order valence-corrected chi connectivity index (χ3v) is 3.97. The van der Waals surface area contributed by atoms with Crippen LogP contribution in [0.4, 0.5) is 0 Å². The molecular weight excluding hydrogens is 240 g/mol. The highest BCUT2D eigenvalue weighted by atomic mass is 16.5. The summed E-state index contributed by atoms with van der Waals surface area (Å²) in [5.74, 6) is 0. The van der Waals surface area contributed by atoms with E-state index < -0.39 is 0 Å². The average molecular weight is 270 g/mol. The Hall–Kier alpha value is -0.200. The number of nitrogens with zero attached hydrogens (tertiary/aromatic N) is 2. The van der Waals surface area contributed by atoms with Crippen molar-refractivity contribution in [3.63, 3.8) is 0 Å². The molecule has 5 heteroatoms. The first kappa shape index (κ1) is 15.2. The van der Waals surface area contributed by atoms with E-state index in [0.29, 0.717) is 0 Å². The van der Waals surface area contributed by atoms with Crippen molar-refractivity contribution in [3.05, 3.63) is 0 Å². The van der Waals surface area contributed by atoms with E-state index in [2.05, 4.69) is 20.4 Å². The van der Waals surface area contributed by atoms with Gasteiger partial charge in [0, 0.05) is 39.3 Å². The molecule has 0 aromatic rings. The van der Waals surface area contributed by atoms with Crippen molar-refractivity contribution >= 4 is 0 Å². The van der Waals surface area contributed by atoms with Gasteiger partial charge in [-0.05, 0) is 39.0 Å². The molecule has 0 spiro atoms. The van der Waals surface area contributed by atoms with Crippen LogP contribution in [0.15, 0.2) is 0 Å². The summed E-state index contributed by atoms with van der Waals surface area (Å²) in [4.78, 5) is 5.12. The van der Waals surface area contributed by atoms with Gasteiger partial charge in [-0.25, -0.2) is 0 Å². The molecule has 2 rings (SSSR count). The Morgan fingerprint density at radius 1 is 0.579 bits per heavy atom. The van der Waals surface area contributed by atoms with Gasteiger partial charge in [0.05, 0.1) is 13.2 Å². The zero-order valence-electron chi connectivity index (χ0n) is 12.2. The topological polar surface area (TPSA) is 39.8 Å². The minimum atomic E-state index is 0.892. The van der Waals surface area contributed by atoms with Gasteiger partial charge in [-0.1, -0.05) is 0 Å². The summed E-state index contributed by atoms with van der Waals surface area (Å²) < 4.78 is 5.73. The van der Waals surface area contributed by atoms with E-state index in [4.69, 9.17) is 4.74 Å². The molecular formula is C14H30N4O. The van der Waals surface area contributed by atoms with Crippen LogP contribution in [0.2, 0.25) is 0 Å². The van der Waals surface area contributed by atoms with Gasteiger partial charge in [-0.15, -0.1) is 0 Å². The van der Waals surface area contributed by atoms with Gasteiger partial charge in [0.15, 0.2) is 0 Å². The lowest BCUT2D eigenvalue weighted by atomic mass is 10.3. The molecule has 19 heavy (non-hydrogen) atoms. The van der Waals surface area contributed by atoms with E-state index in [1.165, 1.54) is 39.0 Å². The molecule has 2 atom stereocenters. The Balaban J connectivity index is 1.82. The Bertz CT molecular complexity index is 205. The lowest BCUT2D eigenvalue weighted by molar-refractivity contribution is 0.105. The Kier molecular flexibility index (Phi) is 7.73. The fraction of sp³-hybridized carbons (Fsp3) is 1.00. The van der Waals surface area contributed by atoms with Crippen LogP contribution < -0.4 is 10.6 Å². The van der Waals surface area contributed by atoms with Gasteiger partial charge >= 0.3 is 0 Å². The summed E-state index contributed by atoms with van der Waals surface area (Å²) in [6.45, 7) is 13.2. The number of rotatable bonds is 0. The second kappa shape index (κ2) is 9.66. The van der Waals surface area contributed by atoms with Crippen molar-refractivity contribution in [1.29, 1.82) is 0 Å². The van der Waals surface area contributed by atoms with Gasteiger partial charge in [0.2, 0.25) is 0 Å². The van der Waals surface area contributed by atoms with Crippen molar-refractivity contribution in [2.45, 2.75) is 12.8 Å². The molecule has 2 saturated heterocycles. The monoisotopic (exact) mass is 270 g/mol. The first-order valence-corrected chi connectivity index (χ1v) is 7.89. The number of hydrogen-bond acceptors (Lipinski definition) is 5. The van der Waals surface area contributed by atoms with Crippen LogP contribution in [-0.2, 0) is 4.74 Å². The van der Waals surface area contributed by atoms with Crippen LogP contribution in [0.25, 0.3) is 0 Å². The van der Waals surface area contributed by atoms with E-state index in [1.807, 2.05) is 0 Å². The highest BCUT2D eigenvalue weighted by molar-refractivity contribution is 4.68. The Morgan fingerprint density at radius 2 is 1.11 bits per heavy atom. The second-order valence-corrected chi connectivity index (χ2v) is 5.50. The van der Waals surface area contributed by atoms with Gasteiger partial charge in [0.25, 0.3) is 0 Å². The molecule has 2 bridgehead atoms. The molecule has 2 fully saturated rings. The van der Waals surface area contributed by atoms with Gasteiger partial charge in [0.1, 0.15) is 0 Å².